The predicted octanol–water partition coefficient (Wildman–Crippen LogP) is 8.81. The average Bonchev–Trinajstić information content (AvgIpc) is 2.86. The fourth-order valence-corrected chi connectivity index (χ4v) is 5.12. The summed E-state index contributed by atoms with van der Waals surface area (Å²) in [6.07, 6.45) is 10.3. The predicted molar refractivity (Wildman–Crippen MR) is 159 cm³/mol. The van der Waals surface area contributed by atoms with Crippen molar-refractivity contribution < 1.29 is 9.53 Å². The first-order valence-corrected chi connectivity index (χ1v) is 17.1. The lowest BCUT2D eigenvalue weighted by Gasteiger charge is -2.37. The van der Waals surface area contributed by atoms with Crippen LogP contribution < -0.4 is 0 Å². The summed E-state index contributed by atoms with van der Waals surface area (Å²) in [5.41, 5.74) is 3.07. The molecule has 1 N–H and O–H groups in total. The largest absolute Gasteiger partial charge is 0.415 e. The van der Waals surface area contributed by atoms with Crippen LogP contribution in [0.2, 0.25) is 18.1 Å². The molecular formula is C32H51NO2Si. The molecule has 0 unspecified atom stereocenters. The lowest BCUT2D eigenvalue weighted by Crippen LogP contribution is -2.44. The third-order valence-corrected chi connectivity index (χ3v) is 12.1. The van der Waals surface area contributed by atoms with E-state index in [1.54, 1.807) is 0 Å². The maximum atomic E-state index is 11.4. The minimum Gasteiger partial charge on any atom is -0.415 e. The lowest BCUT2D eigenvalue weighted by atomic mass is 9.99. The molecule has 0 amide bonds. The van der Waals surface area contributed by atoms with Gasteiger partial charge in [-0.3, -0.25) is 4.99 Å². The molecule has 0 radical (unpaired) electrons. The van der Waals surface area contributed by atoms with Crippen molar-refractivity contribution in [3.8, 4) is 0 Å². The van der Waals surface area contributed by atoms with Gasteiger partial charge in [-0.2, -0.15) is 0 Å². The zero-order chi connectivity index (χ0) is 26.4. The zero-order valence-electron chi connectivity index (χ0n) is 23.8. The molecule has 0 fully saturated rings. The summed E-state index contributed by atoms with van der Waals surface area (Å²) in [5.74, 6) is 0. The summed E-state index contributed by atoms with van der Waals surface area (Å²) < 4.78 is 6.60. The van der Waals surface area contributed by atoms with Crippen molar-refractivity contribution in [1.82, 2.24) is 0 Å². The highest BCUT2D eigenvalue weighted by Gasteiger charge is 2.38. The summed E-state index contributed by atoms with van der Waals surface area (Å²) in [5, 5.41) is 11.5. The quantitative estimate of drug-likeness (QED) is 0.139. The molecule has 0 saturated heterocycles. The van der Waals surface area contributed by atoms with Crippen LogP contribution in [0.5, 0.6) is 0 Å². The molecule has 2 aromatic carbocycles. The summed E-state index contributed by atoms with van der Waals surface area (Å²) >= 11 is 0. The van der Waals surface area contributed by atoms with E-state index in [1.165, 1.54) is 44.9 Å². The molecule has 2 atom stereocenters. The van der Waals surface area contributed by atoms with Crippen LogP contribution in [-0.2, 0) is 4.43 Å². The van der Waals surface area contributed by atoms with Crippen LogP contribution in [0.1, 0.15) is 96.6 Å². The highest BCUT2D eigenvalue weighted by Crippen LogP contribution is 2.37. The van der Waals surface area contributed by atoms with Gasteiger partial charge in [0.25, 0.3) is 0 Å². The Hall–Kier alpha value is -1.75. The molecule has 0 heterocycles. The molecule has 0 bridgehead atoms. The van der Waals surface area contributed by atoms with E-state index in [0.717, 1.165) is 29.7 Å². The molecule has 0 spiro atoms. The summed E-state index contributed by atoms with van der Waals surface area (Å²) in [7, 11) is -1.96. The Morgan fingerprint density at radius 3 is 1.75 bits per heavy atom. The van der Waals surface area contributed by atoms with Crippen LogP contribution in [0.3, 0.4) is 0 Å². The number of aliphatic imine (C=N–C) groups is 1. The van der Waals surface area contributed by atoms with Crippen LogP contribution in [0.15, 0.2) is 65.7 Å². The van der Waals surface area contributed by atoms with E-state index in [1.807, 2.05) is 36.4 Å². The minimum atomic E-state index is -1.96. The van der Waals surface area contributed by atoms with E-state index < -0.39 is 14.4 Å². The molecule has 0 aliphatic carbocycles. The maximum absolute atomic E-state index is 11.4. The Morgan fingerprint density at radius 2 is 1.28 bits per heavy atom. The van der Waals surface area contributed by atoms with E-state index >= 15 is 0 Å². The number of aliphatic hydroxyl groups excluding tert-OH is 1. The molecule has 3 nitrogen and oxygen atoms in total. The monoisotopic (exact) mass is 509 g/mol. The van der Waals surface area contributed by atoms with Gasteiger partial charge in [0.1, 0.15) is 0 Å². The molecule has 0 saturated carbocycles. The van der Waals surface area contributed by atoms with Crippen molar-refractivity contribution in [2.45, 2.75) is 116 Å². The summed E-state index contributed by atoms with van der Waals surface area (Å²) in [6.45, 7) is 14.0. The molecule has 36 heavy (non-hydrogen) atoms. The second kappa shape index (κ2) is 15.5. The maximum Gasteiger partial charge on any atom is 0.192 e. The van der Waals surface area contributed by atoms with E-state index in [0.29, 0.717) is 6.61 Å². The zero-order valence-corrected chi connectivity index (χ0v) is 24.8. The standard InChI is InChI=1S/C32H51NO2Si/c1-7-8-9-10-11-12-13-20-25-30(34)29(26-35-36(5,6)32(2,3)4)33-31(27-21-16-14-17-22-27)28-23-18-15-19-24-28/h14-19,21-24,29-30,34H,7-13,20,25-26H2,1-6H3/t29-,30-/m1/s1. The normalized spacial score (nSPS) is 13.9. The van der Waals surface area contributed by atoms with Gasteiger partial charge in [-0.15, -0.1) is 0 Å². The van der Waals surface area contributed by atoms with Crippen molar-refractivity contribution in [3.63, 3.8) is 0 Å². The van der Waals surface area contributed by atoms with Gasteiger partial charge in [-0.05, 0) is 24.6 Å². The van der Waals surface area contributed by atoms with Gasteiger partial charge in [-0.25, -0.2) is 0 Å². The fourth-order valence-electron chi connectivity index (χ4n) is 4.10. The van der Waals surface area contributed by atoms with E-state index in [4.69, 9.17) is 9.42 Å². The Labute approximate surface area is 222 Å². The fraction of sp³-hybridized carbons (Fsp3) is 0.594. The van der Waals surface area contributed by atoms with Crippen molar-refractivity contribution in [2.24, 2.45) is 4.99 Å². The molecule has 2 aromatic rings. The lowest BCUT2D eigenvalue weighted by molar-refractivity contribution is 0.102. The van der Waals surface area contributed by atoms with Gasteiger partial charge in [0, 0.05) is 11.1 Å². The van der Waals surface area contributed by atoms with Crippen molar-refractivity contribution in [2.75, 3.05) is 6.61 Å². The Bertz CT molecular complexity index is 833. The molecule has 0 aliphatic heterocycles. The molecular weight excluding hydrogens is 458 g/mol. The van der Waals surface area contributed by atoms with Crippen LogP contribution in [0, 0.1) is 0 Å². The first-order chi connectivity index (χ1) is 17.2. The second-order valence-corrected chi connectivity index (χ2v) is 16.5. The Balaban J connectivity index is 2.19. The van der Waals surface area contributed by atoms with Crippen LogP contribution in [0.25, 0.3) is 0 Å². The van der Waals surface area contributed by atoms with Crippen molar-refractivity contribution in [3.05, 3.63) is 71.8 Å². The SMILES string of the molecule is CCCCCCCCCC[C@@H](O)[C@@H](CO[Si](C)(C)C(C)(C)C)N=C(c1ccccc1)c1ccccc1. The minimum absolute atomic E-state index is 0.117. The van der Waals surface area contributed by atoms with Crippen LogP contribution in [-0.4, -0.2) is 37.9 Å². The summed E-state index contributed by atoms with van der Waals surface area (Å²) in [4.78, 5) is 5.21. The molecule has 2 rings (SSSR count). The van der Waals surface area contributed by atoms with Gasteiger partial charge in [-0.1, -0.05) is 140 Å². The number of unbranched alkanes of at least 4 members (excludes halogenated alkanes) is 7. The van der Waals surface area contributed by atoms with Gasteiger partial charge in [0.2, 0.25) is 0 Å². The first-order valence-electron chi connectivity index (χ1n) is 14.2. The number of aliphatic hydroxyl groups is 1. The van der Waals surface area contributed by atoms with Gasteiger partial charge in [0.15, 0.2) is 8.32 Å². The molecule has 4 heteroatoms. The second-order valence-electron chi connectivity index (χ2n) is 11.7. The topological polar surface area (TPSA) is 41.8 Å². The summed E-state index contributed by atoms with van der Waals surface area (Å²) in [6, 6.07) is 20.4. The number of rotatable bonds is 16. The Kier molecular flexibility index (Phi) is 13.1. The van der Waals surface area contributed by atoms with Gasteiger partial charge in [0.05, 0.1) is 24.5 Å². The highest BCUT2D eigenvalue weighted by atomic mass is 28.4. The van der Waals surface area contributed by atoms with E-state index in [-0.39, 0.29) is 11.1 Å². The van der Waals surface area contributed by atoms with Gasteiger partial charge >= 0.3 is 0 Å². The number of hydrogen-bond donors (Lipinski definition) is 1. The van der Waals surface area contributed by atoms with E-state index in [9.17, 15) is 5.11 Å². The first kappa shape index (κ1) is 30.5. The number of nitrogens with zero attached hydrogens (tertiary/aromatic N) is 1. The third kappa shape index (κ3) is 10.3. The smallest absolute Gasteiger partial charge is 0.192 e. The van der Waals surface area contributed by atoms with Crippen LogP contribution >= 0.6 is 0 Å². The average molecular weight is 510 g/mol. The van der Waals surface area contributed by atoms with Gasteiger partial charge < -0.3 is 9.53 Å². The van der Waals surface area contributed by atoms with E-state index in [2.05, 4.69) is 65.1 Å². The number of benzene rings is 2. The van der Waals surface area contributed by atoms with Crippen LogP contribution in [0.4, 0.5) is 0 Å². The van der Waals surface area contributed by atoms with Crippen molar-refractivity contribution >= 4 is 14.0 Å². The molecule has 0 aromatic heterocycles. The Morgan fingerprint density at radius 1 is 0.806 bits per heavy atom. The van der Waals surface area contributed by atoms with Crippen molar-refractivity contribution in [1.29, 1.82) is 0 Å². The third-order valence-electron chi connectivity index (χ3n) is 7.61. The molecule has 200 valence electrons. The number of hydrogen-bond acceptors (Lipinski definition) is 3. The highest BCUT2D eigenvalue weighted by molar-refractivity contribution is 6.74. The molecule has 0 aliphatic rings.